The number of hydrogen-bond donors (Lipinski definition) is 0. The van der Waals surface area contributed by atoms with Gasteiger partial charge in [-0.1, -0.05) is 0 Å². The third-order valence-corrected chi connectivity index (χ3v) is 2.14. The van der Waals surface area contributed by atoms with E-state index in [-0.39, 0.29) is 16.2 Å². The predicted octanol–water partition coefficient (Wildman–Crippen LogP) is 1.59. The van der Waals surface area contributed by atoms with Crippen LogP contribution in [-0.2, 0) is 16.2 Å². The van der Waals surface area contributed by atoms with E-state index < -0.39 is 0 Å². The van der Waals surface area contributed by atoms with Crippen molar-refractivity contribution in [2.45, 2.75) is 13.8 Å². The predicted molar refractivity (Wildman–Crippen MR) is 25.7 cm³/mol. The molecule has 0 aliphatic rings. The van der Waals surface area contributed by atoms with Gasteiger partial charge in [-0.3, -0.25) is 0 Å². The summed E-state index contributed by atoms with van der Waals surface area (Å²) in [5.41, 5.74) is 1.21. The summed E-state index contributed by atoms with van der Waals surface area (Å²) in [5.74, 6) is 0. The maximum atomic E-state index is 5.39. The topological polar surface area (TPSA) is 0 Å². The summed E-state index contributed by atoms with van der Waals surface area (Å²) < 4.78 is 3.02. The summed E-state index contributed by atoms with van der Waals surface area (Å²) in [5, 5.41) is 0. The molecule has 0 aliphatic carbocycles. The van der Waals surface area contributed by atoms with Gasteiger partial charge in [-0.25, -0.2) is 0 Å². The molecule has 0 spiro atoms. The van der Waals surface area contributed by atoms with E-state index in [1.807, 2.05) is 13.8 Å². The van der Waals surface area contributed by atoms with Crippen molar-refractivity contribution >= 4 is 13.8 Å². The van der Waals surface area contributed by atoms with Gasteiger partial charge in [0.05, 0.1) is 0 Å². The second-order valence-electron chi connectivity index (χ2n) is 1.15. The van der Waals surface area contributed by atoms with E-state index in [4.69, 9.17) is 9.58 Å². The molecule has 38 valence electrons. The van der Waals surface area contributed by atoms with Gasteiger partial charge in [-0.05, 0) is 0 Å². The van der Waals surface area contributed by atoms with Crippen LogP contribution in [0.25, 0.3) is 0 Å². The van der Waals surface area contributed by atoms with Crippen LogP contribution in [0, 0.1) is 0 Å². The average Bonchev–Trinajstić information content (AvgIpc) is 1.35. The van der Waals surface area contributed by atoms with Gasteiger partial charge in [0.15, 0.2) is 0 Å². The van der Waals surface area contributed by atoms with Gasteiger partial charge < -0.3 is 0 Å². The zero-order valence-corrected chi connectivity index (χ0v) is 6.86. The molecule has 0 unspecified atom stereocenters. The van der Waals surface area contributed by atoms with Crippen LogP contribution in [0.3, 0.4) is 0 Å². The van der Waals surface area contributed by atoms with Crippen molar-refractivity contribution < 1.29 is 16.2 Å². The van der Waals surface area contributed by atoms with Crippen molar-refractivity contribution in [2.24, 2.45) is 0 Å². The number of allylic oxidation sites excluding steroid dienone is 1. The molecular weight excluding hydrogens is 276 g/mol. The standard InChI is InChI=1S/C4H6.ClH.Ir/c1-4(2)3;;/h1-2H3;1H;/q;;+1/p-1. The Kier molecular flexibility index (Phi) is 4.14. The van der Waals surface area contributed by atoms with E-state index in [0.29, 0.717) is 0 Å². The van der Waals surface area contributed by atoms with E-state index in [0.717, 1.165) is 0 Å². The van der Waals surface area contributed by atoms with Crippen LogP contribution in [0.15, 0.2) is 5.57 Å². The average molecular weight is 282 g/mol. The number of rotatable bonds is 0. The Balaban J connectivity index is 3.73. The molecule has 0 aromatic carbocycles. The van der Waals surface area contributed by atoms with Crippen LogP contribution in [0.4, 0.5) is 0 Å². The fourth-order valence-corrected chi connectivity index (χ4v) is 1.55. The monoisotopic (exact) mass is 282 g/mol. The van der Waals surface area contributed by atoms with Crippen molar-refractivity contribution in [1.82, 2.24) is 0 Å². The molecule has 0 aliphatic heterocycles. The Morgan fingerprint density at radius 3 is 2.17 bits per heavy atom. The first-order valence-electron chi connectivity index (χ1n) is 1.54. The quantitative estimate of drug-likeness (QED) is 0.633. The van der Waals surface area contributed by atoms with Crippen molar-refractivity contribution in [3.63, 3.8) is 0 Å². The molecule has 0 saturated carbocycles. The van der Waals surface area contributed by atoms with Crippen molar-refractivity contribution in [2.75, 3.05) is 0 Å². The summed E-state index contributed by atoms with van der Waals surface area (Å²) in [6.45, 7) is 4.01. The van der Waals surface area contributed by atoms with Gasteiger partial charge in [0, 0.05) is 0 Å². The number of hydrogen-bond acceptors (Lipinski definition) is 0. The molecule has 0 bridgehead atoms. The van der Waals surface area contributed by atoms with Gasteiger partial charge in [-0.2, -0.15) is 0 Å². The van der Waals surface area contributed by atoms with Crippen LogP contribution >= 0.6 is 9.58 Å². The first kappa shape index (κ1) is 6.59. The normalized spacial score (nSPS) is 7.83. The first-order valence-corrected chi connectivity index (χ1v) is 5.71. The van der Waals surface area contributed by atoms with Crippen LogP contribution in [0.2, 0.25) is 0 Å². The van der Waals surface area contributed by atoms with Crippen LogP contribution in [0.1, 0.15) is 13.8 Å². The van der Waals surface area contributed by atoms with Gasteiger partial charge >= 0.3 is 49.4 Å². The fourth-order valence-electron chi connectivity index (χ4n) is 0.0630. The van der Waals surface area contributed by atoms with Gasteiger partial charge in [0.1, 0.15) is 0 Å². The van der Waals surface area contributed by atoms with E-state index in [1.165, 1.54) is 5.57 Å². The molecule has 0 fully saturated rings. The molecular formula is C4H6ClIr. The zero-order chi connectivity index (χ0) is 4.99. The molecule has 0 heterocycles. The molecule has 0 rings (SSSR count). The van der Waals surface area contributed by atoms with Crippen LogP contribution in [0.5, 0.6) is 0 Å². The zero-order valence-electron chi connectivity index (χ0n) is 3.71. The Morgan fingerprint density at radius 2 is 2.17 bits per heavy atom. The maximum absolute atomic E-state index is 5.39. The third kappa shape index (κ3) is 4.59. The minimum absolute atomic E-state index is 0.352. The molecule has 0 amide bonds. The first-order chi connectivity index (χ1) is 2.77. The van der Waals surface area contributed by atoms with E-state index in [2.05, 4.69) is 4.18 Å². The molecule has 0 aromatic heterocycles. The molecule has 2 heteroatoms. The SMILES string of the molecule is CC(C)=[C]=[Ir][Cl]. The second-order valence-corrected chi connectivity index (χ2v) is 3.23. The van der Waals surface area contributed by atoms with Crippen LogP contribution < -0.4 is 0 Å². The van der Waals surface area contributed by atoms with Gasteiger partial charge in [-0.15, -0.1) is 0 Å². The Bertz CT molecular complexity index is 85.7. The molecule has 0 N–H and O–H groups in total. The second kappa shape index (κ2) is 3.77. The Morgan fingerprint density at radius 1 is 1.67 bits per heavy atom. The van der Waals surface area contributed by atoms with Crippen molar-refractivity contribution in [3.05, 3.63) is 5.57 Å². The number of halogens is 1. The van der Waals surface area contributed by atoms with E-state index in [9.17, 15) is 0 Å². The van der Waals surface area contributed by atoms with Crippen molar-refractivity contribution in [1.29, 1.82) is 0 Å². The van der Waals surface area contributed by atoms with Crippen LogP contribution in [-0.4, -0.2) is 4.18 Å². The Labute approximate surface area is 49.7 Å². The van der Waals surface area contributed by atoms with Gasteiger partial charge in [0.2, 0.25) is 0 Å². The summed E-state index contributed by atoms with van der Waals surface area (Å²) in [6, 6.07) is 0. The van der Waals surface area contributed by atoms with Crippen molar-refractivity contribution in [3.8, 4) is 0 Å². The molecule has 0 atom stereocenters. The van der Waals surface area contributed by atoms with E-state index >= 15 is 0 Å². The summed E-state index contributed by atoms with van der Waals surface area (Å²) >= 11 is -0.352. The molecule has 0 aromatic rings. The molecule has 0 nitrogen and oxygen atoms in total. The summed E-state index contributed by atoms with van der Waals surface area (Å²) in [7, 11) is 5.39. The minimum atomic E-state index is -0.352. The summed E-state index contributed by atoms with van der Waals surface area (Å²) in [6.07, 6.45) is 0. The molecule has 0 saturated heterocycles. The third-order valence-electron chi connectivity index (χ3n) is 0.198. The van der Waals surface area contributed by atoms with E-state index in [1.54, 1.807) is 0 Å². The summed E-state index contributed by atoms with van der Waals surface area (Å²) in [4.78, 5) is 0. The fraction of sp³-hybridized carbons (Fsp3) is 0.500. The molecule has 0 radical (unpaired) electrons. The Hall–Kier alpha value is 0.589. The molecule has 6 heavy (non-hydrogen) atoms. The van der Waals surface area contributed by atoms with Gasteiger partial charge in [0.25, 0.3) is 0 Å².